The van der Waals surface area contributed by atoms with E-state index in [0.717, 1.165) is 167 Å². The number of rotatable bonds is 40. The van der Waals surface area contributed by atoms with Crippen LogP contribution in [0.2, 0.25) is 0 Å². The molecule has 0 rings (SSSR count). The van der Waals surface area contributed by atoms with Gasteiger partial charge < -0.3 is 23.8 Å². The standard InChI is InChI=1S/C47H89NO8/c1-8-13-18-23-28-34-43(49)53-37-47(38-54-44(50)35-29-36-48(6)7,39-55-45(51)41(30-24-19-14-9-2)31-25-20-15-10-3)40-56-46(52)42(32-26-21-16-11-4)33-27-22-17-12-5/h41-42H,8-40H2,1-7H3. The Bertz CT molecular complexity index is 902. The number of unbranched alkanes of at least 4 members (excludes halogenated alkanes) is 16. The molecular formula is C47H89NO8. The zero-order chi connectivity index (χ0) is 41.7. The number of carbonyl (C=O) groups excluding carboxylic acids is 4. The van der Waals surface area contributed by atoms with Crippen molar-refractivity contribution >= 4 is 23.9 Å². The molecule has 0 saturated heterocycles. The molecule has 0 bridgehead atoms. The quantitative estimate of drug-likeness (QED) is 0.0340. The monoisotopic (exact) mass is 796 g/mol. The molecule has 0 amide bonds. The fraction of sp³-hybridized carbons (Fsp3) is 0.915. The van der Waals surface area contributed by atoms with Crippen LogP contribution in [0.25, 0.3) is 0 Å². The average molecular weight is 796 g/mol. The van der Waals surface area contributed by atoms with Crippen LogP contribution in [0.4, 0.5) is 0 Å². The maximum atomic E-state index is 13.9. The van der Waals surface area contributed by atoms with Crippen LogP contribution < -0.4 is 0 Å². The number of hydrogen-bond donors (Lipinski definition) is 0. The molecule has 0 aromatic carbocycles. The van der Waals surface area contributed by atoms with Gasteiger partial charge in [0, 0.05) is 12.8 Å². The molecule has 330 valence electrons. The molecule has 0 saturated carbocycles. The largest absolute Gasteiger partial charge is 0.465 e. The van der Waals surface area contributed by atoms with Gasteiger partial charge in [0.15, 0.2) is 0 Å². The van der Waals surface area contributed by atoms with Crippen molar-refractivity contribution in [3.05, 3.63) is 0 Å². The summed E-state index contributed by atoms with van der Waals surface area (Å²) in [7, 11) is 3.91. The van der Waals surface area contributed by atoms with Gasteiger partial charge in [-0.2, -0.15) is 0 Å². The van der Waals surface area contributed by atoms with E-state index in [-0.39, 0.29) is 75.0 Å². The van der Waals surface area contributed by atoms with Gasteiger partial charge in [0.05, 0.1) is 11.8 Å². The summed E-state index contributed by atoms with van der Waals surface area (Å²) in [4.78, 5) is 55.9. The van der Waals surface area contributed by atoms with Crippen LogP contribution in [0, 0.1) is 17.3 Å². The van der Waals surface area contributed by atoms with Crippen LogP contribution in [0.1, 0.15) is 214 Å². The highest BCUT2D eigenvalue weighted by atomic mass is 16.6. The second-order valence-corrected chi connectivity index (χ2v) is 16.9. The van der Waals surface area contributed by atoms with Crippen molar-refractivity contribution in [2.75, 3.05) is 47.1 Å². The highest BCUT2D eigenvalue weighted by molar-refractivity contribution is 5.73. The molecule has 0 spiro atoms. The summed E-state index contributed by atoms with van der Waals surface area (Å²) >= 11 is 0. The Hall–Kier alpha value is -2.16. The minimum Gasteiger partial charge on any atom is -0.465 e. The number of hydrogen-bond acceptors (Lipinski definition) is 9. The summed E-state index contributed by atoms with van der Waals surface area (Å²) in [6, 6.07) is 0. The molecule has 0 fully saturated rings. The molecule has 0 aliphatic rings. The van der Waals surface area contributed by atoms with Crippen molar-refractivity contribution in [2.24, 2.45) is 17.3 Å². The van der Waals surface area contributed by atoms with Crippen molar-refractivity contribution in [2.45, 2.75) is 214 Å². The molecule has 0 radical (unpaired) electrons. The van der Waals surface area contributed by atoms with Crippen molar-refractivity contribution < 1.29 is 38.1 Å². The van der Waals surface area contributed by atoms with Crippen molar-refractivity contribution in [3.63, 3.8) is 0 Å². The van der Waals surface area contributed by atoms with Gasteiger partial charge >= 0.3 is 23.9 Å². The first-order chi connectivity index (χ1) is 27.1. The first-order valence-corrected chi connectivity index (χ1v) is 23.4. The molecule has 0 aromatic heterocycles. The van der Waals surface area contributed by atoms with E-state index >= 15 is 0 Å². The molecule has 0 N–H and O–H groups in total. The second kappa shape index (κ2) is 37.1. The van der Waals surface area contributed by atoms with Crippen LogP contribution in [-0.2, 0) is 38.1 Å². The SMILES string of the molecule is CCCCCCCC(=O)OCC(COC(=O)CCCN(C)C)(COC(=O)C(CCCCCC)CCCCCC)COC(=O)C(CCCCCC)CCCCCC. The Morgan fingerprint density at radius 1 is 0.411 bits per heavy atom. The van der Waals surface area contributed by atoms with Crippen LogP contribution >= 0.6 is 0 Å². The van der Waals surface area contributed by atoms with Gasteiger partial charge in [0.1, 0.15) is 31.8 Å². The molecule has 9 nitrogen and oxygen atoms in total. The van der Waals surface area contributed by atoms with Gasteiger partial charge in [-0.05, 0) is 59.2 Å². The van der Waals surface area contributed by atoms with Crippen LogP contribution in [0.5, 0.6) is 0 Å². The van der Waals surface area contributed by atoms with Gasteiger partial charge in [-0.1, -0.05) is 163 Å². The van der Waals surface area contributed by atoms with E-state index in [2.05, 4.69) is 34.6 Å². The molecular weight excluding hydrogens is 707 g/mol. The summed E-state index contributed by atoms with van der Waals surface area (Å²) in [6.45, 7) is 10.9. The van der Waals surface area contributed by atoms with E-state index in [4.69, 9.17) is 18.9 Å². The summed E-state index contributed by atoms with van der Waals surface area (Å²) in [6.07, 6.45) is 26.3. The number of nitrogens with zero attached hydrogens (tertiary/aromatic N) is 1. The van der Waals surface area contributed by atoms with Gasteiger partial charge in [0.25, 0.3) is 0 Å². The topological polar surface area (TPSA) is 108 Å². The molecule has 0 aliphatic heterocycles. The summed E-state index contributed by atoms with van der Waals surface area (Å²) < 4.78 is 24.0. The van der Waals surface area contributed by atoms with Crippen LogP contribution in [-0.4, -0.2) is 75.8 Å². The lowest BCUT2D eigenvalue weighted by Gasteiger charge is -2.33. The molecule has 0 heterocycles. The van der Waals surface area contributed by atoms with Gasteiger partial charge in [-0.3, -0.25) is 19.2 Å². The van der Waals surface area contributed by atoms with E-state index in [1.807, 2.05) is 19.0 Å². The molecule has 0 aliphatic carbocycles. The maximum Gasteiger partial charge on any atom is 0.308 e. The molecule has 0 aromatic rings. The summed E-state index contributed by atoms with van der Waals surface area (Å²) in [5, 5.41) is 0. The first-order valence-electron chi connectivity index (χ1n) is 23.4. The lowest BCUT2D eigenvalue weighted by Crippen LogP contribution is -2.44. The predicted molar refractivity (Wildman–Crippen MR) is 229 cm³/mol. The van der Waals surface area contributed by atoms with Gasteiger partial charge in [0.2, 0.25) is 0 Å². The number of carbonyl (C=O) groups is 4. The fourth-order valence-corrected chi connectivity index (χ4v) is 6.99. The lowest BCUT2D eigenvalue weighted by atomic mass is 9.90. The highest BCUT2D eigenvalue weighted by Gasteiger charge is 2.39. The van der Waals surface area contributed by atoms with Crippen molar-refractivity contribution in [1.82, 2.24) is 4.90 Å². The normalized spacial score (nSPS) is 11.8. The lowest BCUT2D eigenvalue weighted by molar-refractivity contribution is -0.174. The van der Waals surface area contributed by atoms with E-state index < -0.39 is 5.41 Å². The van der Waals surface area contributed by atoms with Gasteiger partial charge in [-0.15, -0.1) is 0 Å². The van der Waals surface area contributed by atoms with Crippen LogP contribution in [0.3, 0.4) is 0 Å². The van der Waals surface area contributed by atoms with E-state index in [1.54, 1.807) is 0 Å². The third kappa shape index (κ3) is 30.0. The Balaban J connectivity index is 6.38. The third-order valence-corrected chi connectivity index (χ3v) is 10.9. The van der Waals surface area contributed by atoms with Crippen molar-refractivity contribution in [1.29, 1.82) is 0 Å². The predicted octanol–water partition coefficient (Wildman–Crippen LogP) is 12.0. The Labute approximate surface area is 344 Å². The zero-order valence-electron chi connectivity index (χ0n) is 37.7. The molecule has 0 atom stereocenters. The third-order valence-electron chi connectivity index (χ3n) is 10.9. The van der Waals surface area contributed by atoms with Crippen molar-refractivity contribution in [3.8, 4) is 0 Å². The van der Waals surface area contributed by atoms with E-state index in [0.29, 0.717) is 6.42 Å². The van der Waals surface area contributed by atoms with E-state index in [1.165, 1.54) is 0 Å². The number of ether oxygens (including phenoxy) is 4. The first kappa shape index (κ1) is 53.8. The zero-order valence-corrected chi connectivity index (χ0v) is 37.7. The molecule has 0 unspecified atom stereocenters. The molecule has 56 heavy (non-hydrogen) atoms. The Morgan fingerprint density at radius 3 is 1.05 bits per heavy atom. The summed E-state index contributed by atoms with van der Waals surface area (Å²) in [5.74, 6) is -1.77. The Morgan fingerprint density at radius 2 is 0.714 bits per heavy atom. The average Bonchev–Trinajstić information content (AvgIpc) is 3.18. The van der Waals surface area contributed by atoms with Crippen LogP contribution in [0.15, 0.2) is 0 Å². The number of esters is 4. The van der Waals surface area contributed by atoms with Gasteiger partial charge in [-0.25, -0.2) is 0 Å². The highest BCUT2D eigenvalue weighted by Crippen LogP contribution is 2.27. The minimum absolute atomic E-state index is 0.175. The Kier molecular flexibility index (Phi) is 35.7. The maximum absolute atomic E-state index is 13.9. The second-order valence-electron chi connectivity index (χ2n) is 16.9. The summed E-state index contributed by atoms with van der Waals surface area (Å²) in [5.41, 5.74) is -1.23. The fourth-order valence-electron chi connectivity index (χ4n) is 6.99. The molecule has 9 heteroatoms. The van der Waals surface area contributed by atoms with E-state index in [9.17, 15) is 19.2 Å². The minimum atomic E-state index is -1.23. The smallest absolute Gasteiger partial charge is 0.308 e.